The fourth-order valence-electron chi connectivity index (χ4n) is 1.51. The Morgan fingerprint density at radius 1 is 1.40 bits per heavy atom. The average Bonchev–Trinajstić information content (AvgIpc) is 2.44. The van der Waals surface area contributed by atoms with E-state index in [1.54, 1.807) is 6.07 Å². The maximum absolute atomic E-state index is 10.8. The molecule has 0 saturated carbocycles. The van der Waals surface area contributed by atoms with Gasteiger partial charge in [0.15, 0.2) is 0 Å². The summed E-state index contributed by atoms with van der Waals surface area (Å²) in [5.41, 5.74) is 0.479. The van der Waals surface area contributed by atoms with Crippen molar-refractivity contribution in [3.8, 4) is 11.5 Å². The second-order valence-electron chi connectivity index (χ2n) is 3.70. The predicted molar refractivity (Wildman–Crippen MR) is 71.0 cm³/mol. The van der Waals surface area contributed by atoms with Crippen molar-refractivity contribution in [1.29, 1.82) is 0 Å². The number of ether oxygens (including phenoxy) is 2. The largest absolute Gasteiger partial charge is 0.490 e. The van der Waals surface area contributed by atoms with Crippen LogP contribution < -0.4 is 9.47 Å². The summed E-state index contributed by atoms with van der Waals surface area (Å²) < 4.78 is 10.4. The van der Waals surface area contributed by atoms with Gasteiger partial charge in [-0.1, -0.05) is 0 Å². The zero-order valence-electron chi connectivity index (χ0n) is 10.4. The van der Waals surface area contributed by atoms with Gasteiger partial charge < -0.3 is 9.47 Å². The molecule has 0 radical (unpaired) electrons. The zero-order chi connectivity index (χ0) is 14.5. The quantitative estimate of drug-likeness (QED) is 0.479. The highest BCUT2D eigenvalue weighted by Crippen LogP contribution is 2.30. The lowest BCUT2D eigenvalue weighted by Gasteiger charge is -2.07. The number of nitrogens with zero attached hydrogens (tertiary/aromatic N) is 3. The first-order valence-corrected chi connectivity index (χ1v) is 5.90. The Bertz CT molecular complexity index is 636. The fourth-order valence-corrected chi connectivity index (χ4v) is 1.67. The van der Waals surface area contributed by atoms with Gasteiger partial charge in [-0.2, -0.15) is 0 Å². The van der Waals surface area contributed by atoms with Crippen molar-refractivity contribution in [3.05, 3.63) is 51.6 Å². The second-order valence-corrected chi connectivity index (χ2v) is 4.03. The summed E-state index contributed by atoms with van der Waals surface area (Å²) in [7, 11) is 1.36. The van der Waals surface area contributed by atoms with E-state index in [0.29, 0.717) is 11.4 Å². The number of halogens is 1. The molecule has 0 aliphatic carbocycles. The third-order valence-electron chi connectivity index (χ3n) is 2.42. The summed E-state index contributed by atoms with van der Waals surface area (Å²) in [4.78, 5) is 18.0. The number of benzene rings is 1. The van der Waals surface area contributed by atoms with Gasteiger partial charge in [0, 0.05) is 18.3 Å². The van der Waals surface area contributed by atoms with Gasteiger partial charge in [0.2, 0.25) is 11.0 Å². The second kappa shape index (κ2) is 6.16. The van der Waals surface area contributed by atoms with Crippen LogP contribution in [0.25, 0.3) is 0 Å². The zero-order valence-corrected chi connectivity index (χ0v) is 11.2. The third-order valence-corrected chi connectivity index (χ3v) is 2.60. The molecular formula is C12H10ClN3O4. The lowest BCUT2D eigenvalue weighted by atomic mass is 10.3. The molecule has 0 fully saturated rings. The lowest BCUT2D eigenvalue weighted by molar-refractivity contribution is -0.385. The maximum atomic E-state index is 10.8. The van der Waals surface area contributed by atoms with E-state index >= 15 is 0 Å². The molecule has 0 amide bonds. The predicted octanol–water partition coefficient (Wildman–Crippen LogP) is 2.63. The van der Waals surface area contributed by atoms with Gasteiger partial charge in [-0.3, -0.25) is 10.1 Å². The van der Waals surface area contributed by atoms with Crippen molar-refractivity contribution in [1.82, 2.24) is 9.97 Å². The van der Waals surface area contributed by atoms with Crippen LogP contribution in [0.5, 0.6) is 11.5 Å². The highest BCUT2D eigenvalue weighted by Gasteiger charge is 2.15. The molecule has 1 heterocycles. The molecule has 1 aromatic heterocycles. The molecule has 0 aliphatic heterocycles. The van der Waals surface area contributed by atoms with Crippen LogP contribution in [-0.4, -0.2) is 22.0 Å². The summed E-state index contributed by atoms with van der Waals surface area (Å²) in [5, 5.41) is 10.9. The van der Waals surface area contributed by atoms with E-state index in [0.717, 1.165) is 0 Å². The van der Waals surface area contributed by atoms with E-state index in [4.69, 9.17) is 21.1 Å². The molecule has 0 spiro atoms. The van der Waals surface area contributed by atoms with Gasteiger partial charge in [0.05, 0.1) is 17.7 Å². The smallest absolute Gasteiger partial charge is 0.311 e. The van der Waals surface area contributed by atoms with Crippen LogP contribution in [0.1, 0.15) is 5.69 Å². The summed E-state index contributed by atoms with van der Waals surface area (Å²) in [6.07, 6.45) is 1.52. The first-order valence-electron chi connectivity index (χ1n) is 5.53. The molecular weight excluding hydrogens is 286 g/mol. The Morgan fingerprint density at radius 3 is 2.85 bits per heavy atom. The molecule has 1 aromatic carbocycles. The van der Waals surface area contributed by atoms with E-state index < -0.39 is 4.92 Å². The molecule has 7 nitrogen and oxygen atoms in total. The number of methoxy groups -OCH3 is 1. The van der Waals surface area contributed by atoms with E-state index in [1.807, 2.05) is 0 Å². The molecule has 0 bridgehead atoms. The van der Waals surface area contributed by atoms with Crippen molar-refractivity contribution in [2.24, 2.45) is 0 Å². The number of hydrogen-bond donors (Lipinski definition) is 0. The average molecular weight is 296 g/mol. The Labute approximate surface area is 119 Å². The minimum atomic E-state index is -0.521. The number of aromatic nitrogens is 2. The van der Waals surface area contributed by atoms with Gasteiger partial charge >= 0.3 is 5.69 Å². The Morgan fingerprint density at radius 2 is 2.20 bits per heavy atom. The normalized spacial score (nSPS) is 10.1. The van der Waals surface area contributed by atoms with Gasteiger partial charge in [0.1, 0.15) is 12.4 Å². The molecule has 0 atom stereocenters. The van der Waals surface area contributed by atoms with Gasteiger partial charge in [0.25, 0.3) is 0 Å². The number of rotatable bonds is 5. The van der Waals surface area contributed by atoms with E-state index in [-0.39, 0.29) is 23.3 Å². The molecule has 0 unspecified atom stereocenters. The minimum absolute atomic E-state index is 0.120. The fraction of sp³-hybridized carbons (Fsp3) is 0.167. The number of nitro benzene ring substituents is 1. The highest BCUT2D eigenvalue weighted by molar-refractivity contribution is 6.28. The molecule has 0 saturated heterocycles. The summed E-state index contributed by atoms with van der Waals surface area (Å²) >= 11 is 5.66. The van der Waals surface area contributed by atoms with Crippen molar-refractivity contribution >= 4 is 17.3 Å². The van der Waals surface area contributed by atoms with Crippen molar-refractivity contribution in [2.45, 2.75) is 6.61 Å². The van der Waals surface area contributed by atoms with Gasteiger partial charge in [-0.15, -0.1) is 0 Å². The minimum Gasteiger partial charge on any atom is -0.490 e. The monoisotopic (exact) mass is 295 g/mol. The summed E-state index contributed by atoms with van der Waals surface area (Å²) in [6, 6.07) is 5.92. The van der Waals surface area contributed by atoms with E-state index in [9.17, 15) is 10.1 Å². The lowest BCUT2D eigenvalue weighted by Crippen LogP contribution is -2.00. The molecule has 2 rings (SSSR count). The molecule has 2 aromatic rings. The SMILES string of the molecule is COc1cc(OCc2ccnc(Cl)n2)ccc1[N+](=O)[O-]. The molecule has 0 aliphatic rings. The van der Waals surface area contributed by atoms with Crippen molar-refractivity contribution in [2.75, 3.05) is 7.11 Å². The van der Waals surface area contributed by atoms with E-state index in [1.165, 1.54) is 31.5 Å². The first kappa shape index (κ1) is 14.0. The Hall–Kier alpha value is -2.41. The van der Waals surface area contributed by atoms with Crippen LogP contribution in [-0.2, 0) is 6.61 Å². The number of nitro groups is 1. The topological polar surface area (TPSA) is 87.4 Å². The van der Waals surface area contributed by atoms with Crippen LogP contribution in [0.4, 0.5) is 5.69 Å². The van der Waals surface area contributed by atoms with Crippen LogP contribution in [0.2, 0.25) is 5.28 Å². The standard InChI is InChI=1S/C12H10ClN3O4/c1-19-11-6-9(2-3-10(11)16(17)18)20-7-8-4-5-14-12(13)15-8/h2-6H,7H2,1H3. The molecule has 0 N–H and O–H groups in total. The van der Waals surface area contributed by atoms with Crippen molar-refractivity contribution in [3.63, 3.8) is 0 Å². The summed E-state index contributed by atoms with van der Waals surface area (Å²) in [6.45, 7) is 0.170. The molecule has 20 heavy (non-hydrogen) atoms. The Balaban J connectivity index is 2.12. The number of hydrogen-bond acceptors (Lipinski definition) is 6. The van der Waals surface area contributed by atoms with Crippen LogP contribution in [0, 0.1) is 10.1 Å². The van der Waals surface area contributed by atoms with Crippen LogP contribution in [0.15, 0.2) is 30.5 Å². The van der Waals surface area contributed by atoms with E-state index in [2.05, 4.69) is 9.97 Å². The molecule has 8 heteroatoms. The van der Waals surface area contributed by atoms with Gasteiger partial charge in [-0.05, 0) is 23.7 Å². The Kier molecular flexibility index (Phi) is 4.31. The third kappa shape index (κ3) is 3.33. The van der Waals surface area contributed by atoms with Gasteiger partial charge in [-0.25, -0.2) is 9.97 Å². The highest BCUT2D eigenvalue weighted by atomic mass is 35.5. The summed E-state index contributed by atoms with van der Waals surface area (Å²) in [5.74, 6) is 0.565. The van der Waals surface area contributed by atoms with Crippen molar-refractivity contribution < 1.29 is 14.4 Å². The van der Waals surface area contributed by atoms with Crippen LogP contribution >= 0.6 is 11.6 Å². The maximum Gasteiger partial charge on any atom is 0.311 e. The van der Waals surface area contributed by atoms with Crippen LogP contribution in [0.3, 0.4) is 0 Å². The first-order chi connectivity index (χ1) is 9.60. The molecule has 104 valence electrons.